The molecule has 178 valence electrons. The Hall–Kier alpha value is -4.31. The molecule has 0 saturated carbocycles. The molecule has 9 nitrogen and oxygen atoms in total. The molecule has 3 rings (SSSR count). The lowest BCUT2D eigenvalue weighted by molar-refractivity contribution is -0.384. The van der Waals surface area contributed by atoms with Gasteiger partial charge in [0.05, 0.1) is 4.92 Å². The highest BCUT2D eigenvalue weighted by molar-refractivity contribution is 9.10. The molecular weight excluding hydrogens is 518 g/mol. The second-order valence-corrected chi connectivity index (χ2v) is 8.34. The number of non-ortho nitro benzene ring substituents is 1. The summed E-state index contributed by atoms with van der Waals surface area (Å²) in [7, 11) is 0. The van der Waals surface area contributed by atoms with Gasteiger partial charge in [-0.1, -0.05) is 64.5 Å². The van der Waals surface area contributed by atoms with Crippen molar-refractivity contribution in [1.82, 2.24) is 10.6 Å². The number of carbonyl (C=O) groups excluding carboxylic acids is 2. The normalized spacial score (nSPS) is 11.9. The first kappa shape index (κ1) is 25.3. The van der Waals surface area contributed by atoms with E-state index in [0.717, 1.165) is 0 Å². The molecule has 0 spiro atoms. The number of hydrogen-bond donors (Lipinski definition) is 3. The van der Waals surface area contributed by atoms with Crippen molar-refractivity contribution in [3.63, 3.8) is 0 Å². The number of halogens is 1. The number of nitrogens with zero attached hydrogens (tertiary/aromatic N) is 1. The predicted molar refractivity (Wildman–Crippen MR) is 132 cm³/mol. The summed E-state index contributed by atoms with van der Waals surface area (Å²) in [5.74, 6) is -2.73. The van der Waals surface area contributed by atoms with Crippen molar-refractivity contribution in [2.45, 2.75) is 12.5 Å². The summed E-state index contributed by atoms with van der Waals surface area (Å²) in [6.45, 7) is 0. The summed E-state index contributed by atoms with van der Waals surface area (Å²) in [6.07, 6.45) is 1.27. The Labute approximate surface area is 208 Å². The quantitative estimate of drug-likeness (QED) is 0.214. The Balaban J connectivity index is 1.92. The van der Waals surface area contributed by atoms with E-state index in [1.165, 1.54) is 30.3 Å². The molecule has 0 saturated heterocycles. The van der Waals surface area contributed by atoms with E-state index < -0.39 is 28.7 Å². The molecule has 35 heavy (non-hydrogen) atoms. The molecule has 1 unspecified atom stereocenters. The van der Waals surface area contributed by atoms with E-state index >= 15 is 0 Å². The maximum atomic E-state index is 13.1. The monoisotopic (exact) mass is 537 g/mol. The Morgan fingerprint density at radius 1 is 1.00 bits per heavy atom. The highest BCUT2D eigenvalue weighted by Crippen LogP contribution is 2.17. The zero-order chi connectivity index (χ0) is 25.4. The van der Waals surface area contributed by atoms with Crippen LogP contribution in [0, 0.1) is 10.1 Å². The molecule has 2 amide bonds. The van der Waals surface area contributed by atoms with Crippen molar-refractivity contribution in [3.8, 4) is 0 Å². The number of rotatable bonds is 9. The SMILES string of the molecule is O=C(NC(Cc1ccccc1)C(=O)O)/C(=C\c1cccc([N+](=O)[O-])c1)NC(=O)c1cccc(Br)c1. The predicted octanol–water partition coefficient (Wildman–Crippen LogP) is 3.94. The van der Waals surface area contributed by atoms with Crippen LogP contribution in [0.4, 0.5) is 5.69 Å². The summed E-state index contributed by atoms with van der Waals surface area (Å²) in [5, 5.41) is 25.7. The Morgan fingerprint density at radius 3 is 2.37 bits per heavy atom. The lowest BCUT2D eigenvalue weighted by atomic mass is 10.1. The first-order chi connectivity index (χ1) is 16.7. The highest BCUT2D eigenvalue weighted by atomic mass is 79.9. The van der Waals surface area contributed by atoms with Gasteiger partial charge in [0.15, 0.2) is 0 Å². The molecule has 1 atom stereocenters. The molecule has 0 aliphatic heterocycles. The van der Waals surface area contributed by atoms with Crippen molar-refractivity contribution >= 4 is 45.5 Å². The van der Waals surface area contributed by atoms with Crippen LogP contribution in [0.2, 0.25) is 0 Å². The summed E-state index contributed by atoms with van der Waals surface area (Å²) in [5.41, 5.74) is 0.742. The van der Waals surface area contributed by atoms with Crippen LogP contribution in [0.15, 0.2) is 89.0 Å². The van der Waals surface area contributed by atoms with Crippen LogP contribution in [0.3, 0.4) is 0 Å². The lowest BCUT2D eigenvalue weighted by Gasteiger charge is -2.17. The van der Waals surface area contributed by atoms with Gasteiger partial charge in [-0.2, -0.15) is 0 Å². The number of amides is 2. The summed E-state index contributed by atoms with van der Waals surface area (Å²) >= 11 is 3.28. The van der Waals surface area contributed by atoms with Crippen LogP contribution >= 0.6 is 15.9 Å². The number of nitro groups is 1. The van der Waals surface area contributed by atoms with Crippen molar-refractivity contribution < 1.29 is 24.4 Å². The molecule has 10 heteroatoms. The van der Waals surface area contributed by atoms with Gasteiger partial charge in [0.1, 0.15) is 11.7 Å². The van der Waals surface area contributed by atoms with Gasteiger partial charge in [-0.05, 0) is 35.4 Å². The summed E-state index contributed by atoms with van der Waals surface area (Å²) < 4.78 is 0.646. The molecule has 0 fully saturated rings. The van der Waals surface area contributed by atoms with E-state index in [1.54, 1.807) is 54.6 Å². The van der Waals surface area contributed by atoms with Crippen LogP contribution in [-0.2, 0) is 16.0 Å². The van der Waals surface area contributed by atoms with E-state index in [1.807, 2.05) is 0 Å². The number of hydrogen-bond acceptors (Lipinski definition) is 5. The number of carboxylic acid groups (broad SMARTS) is 1. The van der Waals surface area contributed by atoms with Crippen molar-refractivity contribution in [2.75, 3.05) is 0 Å². The largest absolute Gasteiger partial charge is 0.480 e. The topological polar surface area (TPSA) is 139 Å². The van der Waals surface area contributed by atoms with Gasteiger partial charge in [-0.3, -0.25) is 19.7 Å². The molecule has 3 aromatic rings. The van der Waals surface area contributed by atoms with E-state index in [4.69, 9.17) is 0 Å². The minimum atomic E-state index is -1.28. The van der Waals surface area contributed by atoms with E-state index in [0.29, 0.717) is 10.0 Å². The second kappa shape index (κ2) is 11.7. The second-order valence-electron chi connectivity index (χ2n) is 7.43. The standard InChI is InChI=1S/C25H20BrN3O6/c26-19-10-5-9-18(15-19)23(30)27-21(14-17-8-4-11-20(12-17)29(34)35)24(31)28-22(25(32)33)13-16-6-2-1-3-7-16/h1-12,14-15,22H,13H2,(H,27,30)(H,28,31)(H,32,33)/b21-14+. The highest BCUT2D eigenvalue weighted by Gasteiger charge is 2.24. The fraction of sp³-hybridized carbons (Fsp3) is 0.0800. The van der Waals surface area contributed by atoms with Crippen molar-refractivity contribution in [1.29, 1.82) is 0 Å². The van der Waals surface area contributed by atoms with Crippen LogP contribution in [0.1, 0.15) is 21.5 Å². The third kappa shape index (κ3) is 7.34. The van der Waals surface area contributed by atoms with Crippen molar-refractivity contribution in [3.05, 3.63) is 116 Å². The average molecular weight is 538 g/mol. The zero-order valence-corrected chi connectivity index (χ0v) is 19.8. The number of aliphatic carboxylic acids is 1. The molecular formula is C25H20BrN3O6. The minimum absolute atomic E-state index is 0.0194. The van der Waals surface area contributed by atoms with Gasteiger partial charge in [0, 0.05) is 28.6 Å². The van der Waals surface area contributed by atoms with Gasteiger partial charge in [-0.15, -0.1) is 0 Å². The van der Waals surface area contributed by atoms with Gasteiger partial charge < -0.3 is 15.7 Å². The van der Waals surface area contributed by atoms with Crippen LogP contribution in [0.5, 0.6) is 0 Å². The van der Waals surface area contributed by atoms with E-state index in [2.05, 4.69) is 26.6 Å². The van der Waals surface area contributed by atoms with Gasteiger partial charge in [0.25, 0.3) is 17.5 Å². The Bertz CT molecular complexity index is 1290. The van der Waals surface area contributed by atoms with Crippen LogP contribution in [-0.4, -0.2) is 33.9 Å². The molecule has 0 aliphatic rings. The fourth-order valence-electron chi connectivity index (χ4n) is 3.16. The van der Waals surface area contributed by atoms with Crippen LogP contribution in [0.25, 0.3) is 6.08 Å². The Morgan fingerprint density at radius 2 is 1.71 bits per heavy atom. The first-order valence-corrected chi connectivity index (χ1v) is 11.1. The molecule has 0 heterocycles. The zero-order valence-electron chi connectivity index (χ0n) is 18.2. The maximum Gasteiger partial charge on any atom is 0.326 e. The Kier molecular flexibility index (Phi) is 8.47. The van der Waals surface area contributed by atoms with Gasteiger partial charge in [-0.25, -0.2) is 4.79 Å². The number of nitro benzene ring substituents is 1. The first-order valence-electron chi connectivity index (χ1n) is 10.3. The van der Waals surface area contributed by atoms with Gasteiger partial charge >= 0.3 is 5.97 Å². The molecule has 3 aromatic carbocycles. The maximum absolute atomic E-state index is 13.1. The smallest absolute Gasteiger partial charge is 0.326 e. The van der Waals surface area contributed by atoms with Crippen LogP contribution < -0.4 is 10.6 Å². The fourth-order valence-corrected chi connectivity index (χ4v) is 3.56. The average Bonchev–Trinajstić information content (AvgIpc) is 2.83. The number of nitrogens with one attached hydrogen (secondary N) is 2. The molecule has 0 aromatic heterocycles. The summed E-state index contributed by atoms with van der Waals surface area (Å²) in [6, 6.07) is 19.4. The lowest BCUT2D eigenvalue weighted by Crippen LogP contribution is -2.45. The number of carbonyl (C=O) groups is 3. The number of carboxylic acids is 1. The summed E-state index contributed by atoms with van der Waals surface area (Å²) in [4.78, 5) is 48.3. The third-order valence-corrected chi connectivity index (χ3v) is 5.35. The number of benzene rings is 3. The van der Waals surface area contributed by atoms with Crippen molar-refractivity contribution in [2.24, 2.45) is 0 Å². The van der Waals surface area contributed by atoms with E-state index in [-0.39, 0.29) is 28.9 Å². The molecule has 0 radical (unpaired) electrons. The molecule has 0 bridgehead atoms. The van der Waals surface area contributed by atoms with Gasteiger partial charge in [0.2, 0.25) is 0 Å². The third-order valence-electron chi connectivity index (χ3n) is 4.86. The van der Waals surface area contributed by atoms with E-state index in [9.17, 15) is 29.6 Å². The molecule has 0 aliphatic carbocycles. The minimum Gasteiger partial charge on any atom is -0.480 e. The molecule has 3 N–H and O–H groups in total.